The van der Waals surface area contributed by atoms with Crippen LogP contribution in [0.1, 0.15) is 29.8 Å². The van der Waals surface area contributed by atoms with Crippen LogP contribution in [-0.2, 0) is 4.79 Å². The van der Waals surface area contributed by atoms with Crippen LogP contribution in [0.4, 0.5) is 0 Å². The second-order valence-electron chi connectivity index (χ2n) is 4.68. The third-order valence-electron chi connectivity index (χ3n) is 2.60. The molecule has 0 fully saturated rings. The third-order valence-corrected chi connectivity index (χ3v) is 3.26. The summed E-state index contributed by atoms with van der Waals surface area (Å²) in [6.45, 7) is 6.48. The Morgan fingerprint density at radius 3 is 2.42 bits per heavy atom. The summed E-state index contributed by atoms with van der Waals surface area (Å²) in [5.74, 6) is -0.196. The van der Waals surface area contributed by atoms with E-state index in [1.54, 1.807) is 6.07 Å². The van der Waals surface area contributed by atoms with Crippen molar-refractivity contribution in [3.8, 4) is 0 Å². The molecule has 4 nitrogen and oxygen atoms in total. The number of hydrogen-bond acceptors (Lipinski definition) is 2. The number of aryl methyl sites for hydroxylation is 1. The first-order valence-electron chi connectivity index (χ1n) is 6.24. The Balaban J connectivity index is 2.41. The molecule has 2 N–H and O–H groups in total. The summed E-state index contributed by atoms with van der Waals surface area (Å²) in [6, 6.07) is 5.57. The summed E-state index contributed by atoms with van der Waals surface area (Å²) in [5.41, 5.74) is 1.69. The second-order valence-corrected chi connectivity index (χ2v) is 5.54. The zero-order valence-electron chi connectivity index (χ0n) is 11.4. The van der Waals surface area contributed by atoms with Crippen LogP contribution in [0.5, 0.6) is 0 Å². The third kappa shape index (κ3) is 5.03. The van der Waals surface area contributed by atoms with Crippen molar-refractivity contribution in [2.45, 2.75) is 20.8 Å². The van der Waals surface area contributed by atoms with Crippen molar-refractivity contribution < 1.29 is 9.59 Å². The molecular weight excluding hydrogens is 308 g/mol. The molecular formula is C14H19BrN2O2. The highest BCUT2D eigenvalue weighted by atomic mass is 79.9. The summed E-state index contributed by atoms with van der Waals surface area (Å²) in [7, 11) is 0. The Kier molecular flexibility index (Phi) is 6.02. The van der Waals surface area contributed by atoms with E-state index >= 15 is 0 Å². The van der Waals surface area contributed by atoms with Gasteiger partial charge in [0.05, 0.1) is 5.56 Å². The minimum atomic E-state index is -0.148. The van der Waals surface area contributed by atoms with Crippen molar-refractivity contribution in [2.75, 3.05) is 13.1 Å². The average Bonchev–Trinajstić information content (AvgIpc) is 2.33. The standard InChI is InChI=1S/C14H19BrN2O2/c1-9(2)13(18)16-6-7-17-14(19)11-5-4-10(3)8-12(11)15/h4-5,8-9H,6-7H2,1-3H3,(H,16,18)(H,17,19). The highest BCUT2D eigenvalue weighted by molar-refractivity contribution is 9.10. The quantitative estimate of drug-likeness (QED) is 0.815. The van der Waals surface area contributed by atoms with E-state index in [0.29, 0.717) is 18.7 Å². The van der Waals surface area contributed by atoms with E-state index in [4.69, 9.17) is 0 Å². The molecule has 0 aromatic heterocycles. The molecule has 104 valence electrons. The molecule has 2 amide bonds. The van der Waals surface area contributed by atoms with E-state index in [1.165, 1.54) is 0 Å². The zero-order valence-corrected chi connectivity index (χ0v) is 13.0. The number of nitrogens with one attached hydrogen (secondary N) is 2. The molecule has 0 spiro atoms. The second kappa shape index (κ2) is 7.28. The minimum absolute atomic E-state index is 0.00855. The van der Waals surface area contributed by atoms with Crippen molar-refractivity contribution in [3.63, 3.8) is 0 Å². The molecule has 0 aliphatic carbocycles. The van der Waals surface area contributed by atoms with Gasteiger partial charge in [0.15, 0.2) is 0 Å². The number of rotatable bonds is 5. The molecule has 0 aliphatic heterocycles. The molecule has 1 rings (SSSR count). The fourth-order valence-corrected chi connectivity index (χ4v) is 2.14. The molecule has 1 aromatic carbocycles. The molecule has 19 heavy (non-hydrogen) atoms. The van der Waals surface area contributed by atoms with Gasteiger partial charge in [-0.05, 0) is 40.5 Å². The molecule has 0 unspecified atom stereocenters. The summed E-state index contributed by atoms with van der Waals surface area (Å²) < 4.78 is 0.774. The van der Waals surface area contributed by atoms with Crippen LogP contribution in [-0.4, -0.2) is 24.9 Å². The fourth-order valence-electron chi connectivity index (χ4n) is 1.47. The summed E-state index contributed by atoms with van der Waals surface area (Å²) in [4.78, 5) is 23.2. The molecule has 0 bridgehead atoms. The molecule has 0 saturated heterocycles. The van der Waals surface area contributed by atoms with Crippen molar-refractivity contribution >= 4 is 27.7 Å². The van der Waals surface area contributed by atoms with Crippen LogP contribution in [0.25, 0.3) is 0 Å². The van der Waals surface area contributed by atoms with Crippen molar-refractivity contribution in [3.05, 3.63) is 33.8 Å². The number of hydrogen-bond donors (Lipinski definition) is 2. The number of carbonyl (C=O) groups is 2. The topological polar surface area (TPSA) is 58.2 Å². The Bertz CT molecular complexity index is 473. The van der Waals surface area contributed by atoms with Gasteiger partial charge in [-0.3, -0.25) is 9.59 Å². The van der Waals surface area contributed by atoms with Crippen LogP contribution in [0.3, 0.4) is 0 Å². The van der Waals surface area contributed by atoms with Crippen LogP contribution in [0.15, 0.2) is 22.7 Å². The van der Waals surface area contributed by atoms with Gasteiger partial charge in [0, 0.05) is 23.5 Å². The van der Waals surface area contributed by atoms with Crippen molar-refractivity contribution in [2.24, 2.45) is 5.92 Å². The predicted octanol–water partition coefficient (Wildman–Crippen LogP) is 2.26. The van der Waals surface area contributed by atoms with Gasteiger partial charge in [-0.1, -0.05) is 19.9 Å². The smallest absolute Gasteiger partial charge is 0.252 e. The largest absolute Gasteiger partial charge is 0.354 e. The molecule has 5 heteroatoms. The van der Waals surface area contributed by atoms with Gasteiger partial charge < -0.3 is 10.6 Å². The molecule has 0 atom stereocenters. The maximum Gasteiger partial charge on any atom is 0.252 e. The highest BCUT2D eigenvalue weighted by Crippen LogP contribution is 2.17. The van der Waals surface area contributed by atoms with Crippen LogP contribution < -0.4 is 10.6 Å². The first kappa shape index (κ1) is 15.7. The van der Waals surface area contributed by atoms with Crippen molar-refractivity contribution in [1.82, 2.24) is 10.6 Å². The van der Waals surface area contributed by atoms with E-state index in [1.807, 2.05) is 32.9 Å². The Morgan fingerprint density at radius 1 is 1.21 bits per heavy atom. The Hall–Kier alpha value is -1.36. The zero-order chi connectivity index (χ0) is 14.4. The lowest BCUT2D eigenvalue weighted by atomic mass is 10.1. The van der Waals surface area contributed by atoms with Gasteiger partial charge in [-0.25, -0.2) is 0 Å². The van der Waals surface area contributed by atoms with E-state index in [9.17, 15) is 9.59 Å². The first-order chi connectivity index (χ1) is 8.91. The summed E-state index contributed by atoms with van der Waals surface area (Å²) >= 11 is 3.37. The number of amides is 2. The normalized spacial score (nSPS) is 10.4. The van der Waals surface area contributed by atoms with E-state index in [-0.39, 0.29) is 17.7 Å². The van der Waals surface area contributed by atoms with Gasteiger partial charge in [0.25, 0.3) is 5.91 Å². The van der Waals surface area contributed by atoms with Gasteiger partial charge in [-0.2, -0.15) is 0 Å². The minimum Gasteiger partial charge on any atom is -0.354 e. The fraction of sp³-hybridized carbons (Fsp3) is 0.429. The van der Waals surface area contributed by atoms with Gasteiger partial charge in [-0.15, -0.1) is 0 Å². The van der Waals surface area contributed by atoms with Crippen LogP contribution >= 0.6 is 15.9 Å². The van der Waals surface area contributed by atoms with Crippen LogP contribution in [0.2, 0.25) is 0 Å². The number of benzene rings is 1. The van der Waals surface area contributed by atoms with Crippen molar-refractivity contribution in [1.29, 1.82) is 0 Å². The molecule has 1 aromatic rings. The van der Waals surface area contributed by atoms with E-state index in [0.717, 1.165) is 10.0 Å². The lowest BCUT2D eigenvalue weighted by Gasteiger charge is -2.09. The van der Waals surface area contributed by atoms with E-state index in [2.05, 4.69) is 26.6 Å². The SMILES string of the molecule is Cc1ccc(C(=O)NCCNC(=O)C(C)C)c(Br)c1. The lowest BCUT2D eigenvalue weighted by Crippen LogP contribution is -2.36. The summed E-state index contributed by atoms with van der Waals surface area (Å²) in [6.07, 6.45) is 0. The molecule has 0 radical (unpaired) electrons. The van der Waals surface area contributed by atoms with Gasteiger partial charge >= 0.3 is 0 Å². The molecule has 0 heterocycles. The average molecular weight is 327 g/mol. The lowest BCUT2D eigenvalue weighted by molar-refractivity contribution is -0.123. The predicted molar refractivity (Wildman–Crippen MR) is 79.1 cm³/mol. The van der Waals surface area contributed by atoms with Gasteiger partial charge in [0.2, 0.25) is 5.91 Å². The maximum absolute atomic E-state index is 11.9. The molecule has 0 aliphatic rings. The Labute approximate surface area is 122 Å². The number of halogens is 1. The van der Waals surface area contributed by atoms with Gasteiger partial charge in [0.1, 0.15) is 0 Å². The van der Waals surface area contributed by atoms with E-state index < -0.39 is 0 Å². The molecule has 0 saturated carbocycles. The van der Waals surface area contributed by atoms with Crippen LogP contribution in [0, 0.1) is 12.8 Å². The highest BCUT2D eigenvalue weighted by Gasteiger charge is 2.10. The first-order valence-corrected chi connectivity index (χ1v) is 7.03. The summed E-state index contributed by atoms with van der Waals surface area (Å²) in [5, 5.41) is 5.52. The maximum atomic E-state index is 11.9. The Morgan fingerprint density at radius 2 is 1.84 bits per heavy atom. The monoisotopic (exact) mass is 326 g/mol. The number of carbonyl (C=O) groups excluding carboxylic acids is 2.